The molecule has 0 saturated carbocycles. The molecule has 0 fully saturated rings. The first-order chi connectivity index (χ1) is 13.4. The number of rotatable bonds is 9. The van der Waals surface area contributed by atoms with Crippen LogP contribution in [0.15, 0.2) is 48.5 Å². The molecule has 0 bridgehead atoms. The molecular weight excluding hydrogens is 354 g/mol. The van der Waals surface area contributed by atoms with Gasteiger partial charge in [0.2, 0.25) is 5.91 Å². The van der Waals surface area contributed by atoms with Crippen molar-refractivity contribution in [2.75, 3.05) is 30.3 Å². The van der Waals surface area contributed by atoms with Crippen LogP contribution in [-0.2, 0) is 4.79 Å². The maximum absolute atomic E-state index is 12.4. The second-order valence-electron chi connectivity index (χ2n) is 6.65. The molecule has 0 aliphatic carbocycles. The molecule has 2 aromatic rings. The third-order valence-electron chi connectivity index (χ3n) is 4.12. The number of amides is 2. The lowest BCUT2D eigenvalue weighted by Gasteiger charge is -2.19. The number of nitrogens with one attached hydrogen (secondary N) is 2. The Bertz CT molecular complexity index is 784. The summed E-state index contributed by atoms with van der Waals surface area (Å²) >= 11 is 0. The first kappa shape index (κ1) is 21.3. The van der Waals surface area contributed by atoms with E-state index in [4.69, 9.17) is 4.74 Å². The van der Waals surface area contributed by atoms with Gasteiger partial charge in [-0.15, -0.1) is 0 Å². The number of benzene rings is 2. The Morgan fingerprint density at radius 1 is 1.00 bits per heavy atom. The van der Waals surface area contributed by atoms with Crippen LogP contribution in [0.25, 0.3) is 0 Å². The summed E-state index contributed by atoms with van der Waals surface area (Å²) in [6.45, 7) is 9.27. The standard InChI is InChI=1S/C22H29N3O3/c1-5-25(6-2)22(27)17-8-7-9-19(14-17)23-15-21(26)24-18-10-12-20(13-11-18)28-16(3)4/h7-14,16,23H,5-6,15H2,1-4H3,(H,24,26). The van der Waals surface area contributed by atoms with Gasteiger partial charge in [0, 0.05) is 30.0 Å². The molecule has 0 unspecified atom stereocenters. The van der Waals surface area contributed by atoms with Crippen molar-refractivity contribution in [3.8, 4) is 5.75 Å². The highest BCUT2D eigenvalue weighted by molar-refractivity contribution is 5.96. The molecule has 0 radical (unpaired) electrons. The SMILES string of the molecule is CCN(CC)C(=O)c1cccc(NCC(=O)Nc2ccc(OC(C)C)cc2)c1. The molecular formula is C22H29N3O3. The Morgan fingerprint density at radius 3 is 2.29 bits per heavy atom. The van der Waals surface area contributed by atoms with Crippen molar-refractivity contribution in [3.05, 3.63) is 54.1 Å². The second-order valence-corrected chi connectivity index (χ2v) is 6.65. The summed E-state index contributed by atoms with van der Waals surface area (Å²) in [5.74, 6) is 0.584. The molecule has 0 aromatic heterocycles. The van der Waals surface area contributed by atoms with Crippen LogP contribution in [0, 0.1) is 0 Å². The van der Waals surface area contributed by atoms with E-state index in [1.807, 2.05) is 52.0 Å². The van der Waals surface area contributed by atoms with E-state index in [1.54, 1.807) is 29.2 Å². The molecule has 0 aliphatic heterocycles. The summed E-state index contributed by atoms with van der Waals surface area (Å²) in [5, 5.41) is 5.90. The topological polar surface area (TPSA) is 70.7 Å². The molecule has 0 saturated heterocycles. The minimum absolute atomic E-state index is 0.0122. The largest absolute Gasteiger partial charge is 0.491 e. The third kappa shape index (κ3) is 6.30. The van der Waals surface area contributed by atoms with Gasteiger partial charge in [-0.2, -0.15) is 0 Å². The van der Waals surface area contributed by atoms with E-state index in [1.165, 1.54) is 0 Å². The van der Waals surface area contributed by atoms with Crippen LogP contribution in [0.1, 0.15) is 38.1 Å². The molecule has 6 heteroatoms. The Hall–Kier alpha value is -3.02. The first-order valence-electron chi connectivity index (χ1n) is 9.62. The number of carbonyl (C=O) groups excluding carboxylic acids is 2. The predicted octanol–water partition coefficient (Wildman–Crippen LogP) is 4.01. The fourth-order valence-corrected chi connectivity index (χ4v) is 2.73. The maximum atomic E-state index is 12.4. The number of ether oxygens (including phenoxy) is 1. The lowest BCUT2D eigenvalue weighted by atomic mass is 10.1. The highest BCUT2D eigenvalue weighted by Gasteiger charge is 2.12. The van der Waals surface area contributed by atoms with Gasteiger partial charge in [0.15, 0.2) is 0 Å². The quantitative estimate of drug-likeness (QED) is 0.686. The van der Waals surface area contributed by atoms with Gasteiger partial charge in [-0.25, -0.2) is 0 Å². The number of carbonyl (C=O) groups is 2. The van der Waals surface area contributed by atoms with E-state index in [-0.39, 0.29) is 24.5 Å². The van der Waals surface area contributed by atoms with Gasteiger partial charge in [-0.05, 0) is 70.2 Å². The summed E-state index contributed by atoms with van der Waals surface area (Å²) in [4.78, 5) is 26.4. The molecule has 0 atom stereocenters. The molecule has 2 rings (SSSR count). The van der Waals surface area contributed by atoms with Gasteiger partial charge in [-0.1, -0.05) is 6.07 Å². The second kappa shape index (κ2) is 10.3. The zero-order chi connectivity index (χ0) is 20.5. The third-order valence-corrected chi connectivity index (χ3v) is 4.12. The average molecular weight is 383 g/mol. The number of hydrogen-bond acceptors (Lipinski definition) is 4. The molecule has 150 valence electrons. The molecule has 6 nitrogen and oxygen atoms in total. The predicted molar refractivity (Wildman–Crippen MR) is 113 cm³/mol. The monoisotopic (exact) mass is 383 g/mol. The molecule has 2 N–H and O–H groups in total. The average Bonchev–Trinajstić information content (AvgIpc) is 2.68. The zero-order valence-corrected chi connectivity index (χ0v) is 17.0. The maximum Gasteiger partial charge on any atom is 0.253 e. The lowest BCUT2D eigenvalue weighted by molar-refractivity contribution is -0.114. The van der Waals surface area contributed by atoms with Crippen molar-refractivity contribution in [1.29, 1.82) is 0 Å². The van der Waals surface area contributed by atoms with Crippen molar-refractivity contribution in [2.24, 2.45) is 0 Å². The summed E-state index contributed by atoms with van der Waals surface area (Å²) in [7, 11) is 0. The molecule has 2 amide bonds. The highest BCUT2D eigenvalue weighted by atomic mass is 16.5. The summed E-state index contributed by atoms with van der Waals surface area (Å²) in [6, 6.07) is 14.5. The van der Waals surface area contributed by atoms with Crippen molar-refractivity contribution in [2.45, 2.75) is 33.8 Å². The fraction of sp³-hybridized carbons (Fsp3) is 0.364. The van der Waals surface area contributed by atoms with Crippen LogP contribution in [0.5, 0.6) is 5.75 Å². The summed E-state index contributed by atoms with van der Waals surface area (Å²) < 4.78 is 5.59. The van der Waals surface area contributed by atoms with E-state index < -0.39 is 0 Å². The fourth-order valence-electron chi connectivity index (χ4n) is 2.73. The summed E-state index contributed by atoms with van der Waals surface area (Å²) in [6.07, 6.45) is 0.106. The number of anilines is 2. The minimum Gasteiger partial charge on any atom is -0.491 e. The molecule has 0 aliphatic rings. The van der Waals surface area contributed by atoms with Crippen molar-refractivity contribution in [1.82, 2.24) is 4.90 Å². The van der Waals surface area contributed by atoms with E-state index in [0.29, 0.717) is 24.3 Å². The molecule has 28 heavy (non-hydrogen) atoms. The van der Waals surface area contributed by atoms with Gasteiger partial charge in [-0.3, -0.25) is 9.59 Å². The summed E-state index contributed by atoms with van der Waals surface area (Å²) in [5.41, 5.74) is 2.04. The Labute approximate surface area is 166 Å². The van der Waals surface area contributed by atoms with Crippen LogP contribution in [-0.4, -0.2) is 42.5 Å². The Kier molecular flexibility index (Phi) is 7.87. The van der Waals surface area contributed by atoms with Gasteiger partial charge >= 0.3 is 0 Å². The number of hydrogen-bond donors (Lipinski definition) is 2. The van der Waals surface area contributed by atoms with Crippen LogP contribution in [0.3, 0.4) is 0 Å². The van der Waals surface area contributed by atoms with Crippen LogP contribution < -0.4 is 15.4 Å². The van der Waals surface area contributed by atoms with Crippen LogP contribution in [0.2, 0.25) is 0 Å². The molecule has 2 aromatic carbocycles. The lowest BCUT2D eigenvalue weighted by Crippen LogP contribution is -2.30. The Morgan fingerprint density at radius 2 is 1.68 bits per heavy atom. The van der Waals surface area contributed by atoms with E-state index in [2.05, 4.69) is 10.6 Å². The van der Waals surface area contributed by atoms with Crippen molar-refractivity contribution < 1.29 is 14.3 Å². The zero-order valence-electron chi connectivity index (χ0n) is 17.0. The van der Waals surface area contributed by atoms with Crippen LogP contribution >= 0.6 is 0 Å². The van der Waals surface area contributed by atoms with Crippen molar-refractivity contribution >= 4 is 23.2 Å². The normalized spacial score (nSPS) is 10.5. The van der Waals surface area contributed by atoms with E-state index in [0.717, 1.165) is 11.4 Å². The van der Waals surface area contributed by atoms with Gasteiger partial charge in [0.1, 0.15) is 5.75 Å². The molecule has 0 heterocycles. The Balaban J connectivity index is 1.90. The highest BCUT2D eigenvalue weighted by Crippen LogP contribution is 2.17. The van der Waals surface area contributed by atoms with Crippen molar-refractivity contribution in [3.63, 3.8) is 0 Å². The van der Waals surface area contributed by atoms with Gasteiger partial charge in [0.05, 0.1) is 12.6 Å². The molecule has 0 spiro atoms. The van der Waals surface area contributed by atoms with E-state index >= 15 is 0 Å². The smallest absolute Gasteiger partial charge is 0.253 e. The van der Waals surface area contributed by atoms with Gasteiger partial charge < -0.3 is 20.3 Å². The number of nitrogens with zero attached hydrogens (tertiary/aromatic N) is 1. The minimum atomic E-state index is -0.169. The van der Waals surface area contributed by atoms with Crippen LogP contribution in [0.4, 0.5) is 11.4 Å². The first-order valence-corrected chi connectivity index (χ1v) is 9.62. The van der Waals surface area contributed by atoms with E-state index in [9.17, 15) is 9.59 Å². The van der Waals surface area contributed by atoms with Gasteiger partial charge in [0.25, 0.3) is 5.91 Å².